The van der Waals surface area contributed by atoms with E-state index in [1.54, 1.807) is 0 Å². The second-order valence-corrected chi connectivity index (χ2v) is 11.6. The van der Waals surface area contributed by atoms with Crippen LogP contribution in [-0.2, 0) is 11.2 Å². The largest absolute Gasteiger partial charge is 0.392 e. The van der Waals surface area contributed by atoms with Gasteiger partial charge in [0.2, 0.25) is 5.91 Å². The van der Waals surface area contributed by atoms with Gasteiger partial charge in [-0.1, -0.05) is 60.1 Å². The average Bonchev–Trinajstić information content (AvgIpc) is 3.26. The van der Waals surface area contributed by atoms with Gasteiger partial charge >= 0.3 is 0 Å². The van der Waals surface area contributed by atoms with E-state index in [9.17, 15) is 15.0 Å². The maximum absolute atomic E-state index is 12.3. The SMILES string of the molecule is Cc1cccc(C[C@H](O)C=C[C@@H]2[C@H]3CC(CCCCCC(=O)N(C)C(C)(C)C)=C[C@H]3C[C@H]2O)c1. The molecule has 34 heavy (non-hydrogen) atoms. The summed E-state index contributed by atoms with van der Waals surface area (Å²) in [5.74, 6) is 1.26. The number of hydrogen-bond donors (Lipinski definition) is 2. The molecule has 0 bridgehead atoms. The summed E-state index contributed by atoms with van der Waals surface area (Å²) in [6, 6.07) is 8.26. The number of hydrogen-bond acceptors (Lipinski definition) is 3. The first kappa shape index (κ1) is 26.7. The quantitative estimate of drug-likeness (QED) is 0.347. The van der Waals surface area contributed by atoms with E-state index < -0.39 is 6.10 Å². The van der Waals surface area contributed by atoms with E-state index in [0.717, 1.165) is 44.1 Å². The fourth-order valence-electron chi connectivity index (χ4n) is 5.54. The molecule has 5 atom stereocenters. The Bertz CT molecular complexity index is 881. The van der Waals surface area contributed by atoms with E-state index >= 15 is 0 Å². The van der Waals surface area contributed by atoms with Gasteiger partial charge in [0.05, 0.1) is 12.2 Å². The second kappa shape index (κ2) is 11.7. The third kappa shape index (κ3) is 7.29. The molecule has 2 aliphatic carbocycles. The van der Waals surface area contributed by atoms with Gasteiger partial charge in [-0.05, 0) is 77.2 Å². The first-order chi connectivity index (χ1) is 16.0. The number of benzene rings is 1. The van der Waals surface area contributed by atoms with Gasteiger partial charge in [0, 0.05) is 31.3 Å². The topological polar surface area (TPSA) is 60.8 Å². The normalized spacial score (nSPS) is 25.4. The van der Waals surface area contributed by atoms with Crippen LogP contribution in [0, 0.1) is 24.7 Å². The summed E-state index contributed by atoms with van der Waals surface area (Å²) in [4.78, 5) is 14.2. The Hall–Kier alpha value is -1.91. The molecule has 0 unspecified atom stereocenters. The molecule has 1 aromatic rings. The highest BCUT2D eigenvalue weighted by atomic mass is 16.3. The third-order valence-corrected chi connectivity index (χ3v) is 7.80. The van der Waals surface area contributed by atoms with Crippen molar-refractivity contribution in [1.82, 2.24) is 4.90 Å². The maximum atomic E-state index is 12.3. The van der Waals surface area contributed by atoms with Gasteiger partial charge < -0.3 is 15.1 Å². The van der Waals surface area contributed by atoms with Crippen molar-refractivity contribution in [3.05, 3.63) is 59.2 Å². The summed E-state index contributed by atoms with van der Waals surface area (Å²) in [5.41, 5.74) is 3.74. The first-order valence-electron chi connectivity index (χ1n) is 13.1. The fourth-order valence-corrected chi connectivity index (χ4v) is 5.54. The van der Waals surface area contributed by atoms with E-state index in [-0.39, 0.29) is 23.5 Å². The Morgan fingerprint density at radius 1 is 1.24 bits per heavy atom. The lowest BCUT2D eigenvalue weighted by Gasteiger charge is -2.32. The van der Waals surface area contributed by atoms with Gasteiger partial charge in [0.15, 0.2) is 0 Å². The van der Waals surface area contributed by atoms with Crippen LogP contribution in [0.4, 0.5) is 0 Å². The lowest BCUT2D eigenvalue weighted by molar-refractivity contribution is -0.134. The lowest BCUT2D eigenvalue weighted by atomic mass is 9.88. The Labute approximate surface area is 206 Å². The van der Waals surface area contributed by atoms with Crippen molar-refractivity contribution in [3.8, 4) is 0 Å². The van der Waals surface area contributed by atoms with Crippen molar-refractivity contribution < 1.29 is 15.0 Å². The minimum Gasteiger partial charge on any atom is -0.392 e. The molecule has 1 fully saturated rings. The van der Waals surface area contributed by atoms with E-state index in [4.69, 9.17) is 0 Å². The molecule has 1 saturated carbocycles. The number of aliphatic hydroxyl groups is 2. The molecule has 0 aliphatic heterocycles. The Morgan fingerprint density at radius 2 is 2.00 bits per heavy atom. The summed E-state index contributed by atoms with van der Waals surface area (Å²) < 4.78 is 0. The molecule has 188 valence electrons. The van der Waals surface area contributed by atoms with E-state index in [1.807, 2.05) is 24.1 Å². The number of unbranched alkanes of at least 4 members (excludes halogenated alkanes) is 2. The van der Waals surface area contributed by atoms with Gasteiger partial charge in [-0.15, -0.1) is 0 Å². The maximum Gasteiger partial charge on any atom is 0.222 e. The molecule has 1 amide bonds. The summed E-state index contributed by atoms with van der Waals surface area (Å²) in [6.45, 7) is 8.27. The zero-order valence-corrected chi connectivity index (χ0v) is 21.8. The van der Waals surface area contributed by atoms with Gasteiger partial charge in [-0.2, -0.15) is 0 Å². The molecule has 4 heteroatoms. The summed E-state index contributed by atoms with van der Waals surface area (Å²) in [6.07, 6.45) is 12.9. The van der Waals surface area contributed by atoms with Crippen LogP contribution >= 0.6 is 0 Å². The minimum absolute atomic E-state index is 0.115. The molecule has 0 aromatic heterocycles. The van der Waals surface area contributed by atoms with Gasteiger partial charge in [-0.25, -0.2) is 0 Å². The first-order valence-corrected chi connectivity index (χ1v) is 13.1. The van der Waals surface area contributed by atoms with Crippen LogP contribution in [0.2, 0.25) is 0 Å². The zero-order valence-electron chi connectivity index (χ0n) is 21.8. The smallest absolute Gasteiger partial charge is 0.222 e. The van der Waals surface area contributed by atoms with Crippen LogP contribution in [-0.4, -0.2) is 45.8 Å². The molecule has 2 aliphatic rings. The van der Waals surface area contributed by atoms with Crippen molar-refractivity contribution in [1.29, 1.82) is 0 Å². The summed E-state index contributed by atoms with van der Waals surface area (Å²) in [5, 5.41) is 21.1. The number of aliphatic hydroxyl groups excluding tert-OH is 2. The van der Waals surface area contributed by atoms with Crippen LogP contribution in [0.25, 0.3) is 0 Å². The predicted octanol–water partition coefficient (Wildman–Crippen LogP) is 5.61. The minimum atomic E-state index is -0.526. The molecular weight excluding hydrogens is 422 g/mol. The van der Waals surface area contributed by atoms with Crippen molar-refractivity contribution in [2.75, 3.05) is 7.05 Å². The van der Waals surface area contributed by atoms with E-state index in [0.29, 0.717) is 24.7 Å². The van der Waals surface area contributed by atoms with Crippen molar-refractivity contribution in [2.24, 2.45) is 17.8 Å². The van der Waals surface area contributed by atoms with Gasteiger partial charge in [-0.3, -0.25) is 4.79 Å². The summed E-state index contributed by atoms with van der Waals surface area (Å²) >= 11 is 0. The Kier molecular flexibility index (Phi) is 9.17. The Morgan fingerprint density at radius 3 is 2.71 bits per heavy atom. The van der Waals surface area contributed by atoms with Crippen LogP contribution in [0.3, 0.4) is 0 Å². The van der Waals surface area contributed by atoms with Crippen molar-refractivity contribution >= 4 is 5.91 Å². The van der Waals surface area contributed by atoms with Crippen molar-refractivity contribution in [2.45, 2.75) is 96.8 Å². The predicted molar refractivity (Wildman–Crippen MR) is 139 cm³/mol. The fraction of sp³-hybridized carbons (Fsp3) is 0.633. The molecule has 4 nitrogen and oxygen atoms in total. The number of carbonyl (C=O) groups is 1. The van der Waals surface area contributed by atoms with Gasteiger partial charge in [0.25, 0.3) is 0 Å². The second-order valence-electron chi connectivity index (χ2n) is 11.6. The lowest BCUT2D eigenvalue weighted by Crippen LogP contribution is -2.42. The molecule has 0 radical (unpaired) electrons. The third-order valence-electron chi connectivity index (χ3n) is 7.80. The molecule has 0 spiro atoms. The van der Waals surface area contributed by atoms with E-state index in [2.05, 4.69) is 58.0 Å². The molecule has 3 rings (SSSR count). The monoisotopic (exact) mass is 467 g/mol. The molecule has 0 heterocycles. The molecule has 1 aromatic carbocycles. The molecule has 0 saturated heterocycles. The van der Waals surface area contributed by atoms with Crippen LogP contribution in [0.5, 0.6) is 0 Å². The average molecular weight is 468 g/mol. The number of carbonyl (C=O) groups excluding carboxylic acids is 1. The highest BCUT2D eigenvalue weighted by Crippen LogP contribution is 2.48. The number of nitrogens with zero attached hydrogens (tertiary/aromatic N) is 1. The van der Waals surface area contributed by atoms with Crippen LogP contribution in [0.1, 0.15) is 76.8 Å². The van der Waals surface area contributed by atoms with Gasteiger partial charge in [0.1, 0.15) is 0 Å². The molecular formula is C30H45NO3. The van der Waals surface area contributed by atoms with E-state index in [1.165, 1.54) is 11.1 Å². The molecule has 2 N–H and O–H groups in total. The standard InChI is InChI=1S/C30H45NO3/c1-21-10-9-12-22(16-21)18-25(32)14-15-26-27-19-23(17-24(27)20-28(26)33)11-7-6-8-13-29(34)31(5)30(2,3)4/h9-10,12,14-17,24-28,32-33H,6-8,11,13,18-20H2,1-5H3/t24-,25+,26+,27-,28+/m0/s1. The number of rotatable bonds is 10. The number of amides is 1. The number of aryl methyl sites for hydroxylation is 1. The summed E-state index contributed by atoms with van der Waals surface area (Å²) in [7, 11) is 1.89. The van der Waals surface area contributed by atoms with Crippen LogP contribution in [0.15, 0.2) is 48.1 Å². The highest BCUT2D eigenvalue weighted by molar-refractivity contribution is 5.76. The van der Waals surface area contributed by atoms with Crippen molar-refractivity contribution in [3.63, 3.8) is 0 Å². The Balaban J connectivity index is 1.41. The zero-order chi connectivity index (χ0) is 24.9. The highest BCUT2D eigenvalue weighted by Gasteiger charge is 2.43. The van der Waals surface area contributed by atoms with Crippen LogP contribution < -0.4 is 0 Å². The number of allylic oxidation sites excluding steroid dienone is 2. The number of fused-ring (bicyclic) bond motifs is 1.